The van der Waals surface area contributed by atoms with E-state index in [1.807, 2.05) is 0 Å². The SMILES string of the molecule is CNC(c1ccc(F)cc1F)C1CCC(F)(F)CC1. The molecule has 0 bridgehead atoms. The van der Waals surface area contributed by atoms with Gasteiger partial charge in [-0.05, 0) is 31.9 Å². The molecule has 0 aromatic heterocycles. The Kier molecular flexibility index (Phi) is 4.13. The fourth-order valence-electron chi connectivity index (χ4n) is 2.79. The molecule has 1 aliphatic rings. The molecule has 1 aromatic carbocycles. The van der Waals surface area contributed by atoms with E-state index in [2.05, 4.69) is 5.32 Å². The molecule has 1 fully saturated rings. The van der Waals surface area contributed by atoms with E-state index < -0.39 is 17.6 Å². The standard InChI is InChI=1S/C14H17F4N/c1-19-13(9-4-6-14(17,18)7-5-9)11-3-2-10(15)8-12(11)16/h2-3,8-9,13,19H,4-7H2,1H3. The second-order valence-electron chi connectivity index (χ2n) is 5.13. The fourth-order valence-corrected chi connectivity index (χ4v) is 2.79. The van der Waals surface area contributed by atoms with Gasteiger partial charge in [-0.2, -0.15) is 0 Å². The van der Waals surface area contributed by atoms with Gasteiger partial charge in [-0.25, -0.2) is 17.6 Å². The first-order chi connectivity index (χ1) is 8.93. The van der Waals surface area contributed by atoms with E-state index in [1.54, 1.807) is 7.05 Å². The molecule has 1 unspecified atom stereocenters. The number of nitrogens with one attached hydrogen (secondary N) is 1. The van der Waals surface area contributed by atoms with Crippen LogP contribution in [0, 0.1) is 17.6 Å². The predicted octanol–water partition coefficient (Wildman–Crippen LogP) is 4.05. The lowest BCUT2D eigenvalue weighted by Crippen LogP contribution is -2.33. The van der Waals surface area contributed by atoms with Crippen LogP contribution in [-0.2, 0) is 0 Å². The van der Waals surface area contributed by atoms with Gasteiger partial charge in [-0.15, -0.1) is 0 Å². The molecular weight excluding hydrogens is 258 g/mol. The molecule has 2 rings (SSSR count). The highest BCUT2D eigenvalue weighted by Crippen LogP contribution is 2.41. The monoisotopic (exact) mass is 275 g/mol. The van der Waals surface area contributed by atoms with Crippen LogP contribution in [0.15, 0.2) is 18.2 Å². The van der Waals surface area contributed by atoms with Crippen LogP contribution < -0.4 is 5.32 Å². The predicted molar refractivity (Wildman–Crippen MR) is 65.1 cm³/mol. The van der Waals surface area contributed by atoms with E-state index in [4.69, 9.17) is 0 Å². The van der Waals surface area contributed by atoms with Crippen molar-refractivity contribution in [2.24, 2.45) is 5.92 Å². The van der Waals surface area contributed by atoms with Crippen LogP contribution in [0.1, 0.15) is 37.3 Å². The van der Waals surface area contributed by atoms with Gasteiger partial charge in [0.15, 0.2) is 0 Å². The molecule has 0 aliphatic heterocycles. The van der Waals surface area contributed by atoms with Crippen LogP contribution in [0.4, 0.5) is 17.6 Å². The summed E-state index contributed by atoms with van der Waals surface area (Å²) in [7, 11) is 1.67. The molecule has 0 spiro atoms. The third kappa shape index (κ3) is 3.26. The summed E-state index contributed by atoms with van der Waals surface area (Å²) in [5.74, 6) is -3.91. The summed E-state index contributed by atoms with van der Waals surface area (Å²) in [5.41, 5.74) is 0.346. The van der Waals surface area contributed by atoms with Gasteiger partial charge in [0.1, 0.15) is 11.6 Å². The number of hydrogen-bond donors (Lipinski definition) is 1. The Balaban J connectivity index is 2.16. The zero-order valence-corrected chi connectivity index (χ0v) is 10.7. The van der Waals surface area contributed by atoms with Gasteiger partial charge in [0.05, 0.1) is 0 Å². The Hall–Kier alpha value is -1.10. The van der Waals surface area contributed by atoms with Gasteiger partial charge in [-0.3, -0.25) is 0 Å². The zero-order valence-electron chi connectivity index (χ0n) is 10.7. The third-order valence-corrected chi connectivity index (χ3v) is 3.84. The highest BCUT2D eigenvalue weighted by atomic mass is 19.3. The minimum Gasteiger partial charge on any atom is -0.313 e. The van der Waals surface area contributed by atoms with Crippen molar-refractivity contribution in [2.45, 2.75) is 37.6 Å². The van der Waals surface area contributed by atoms with Crippen LogP contribution >= 0.6 is 0 Å². The molecule has 0 radical (unpaired) electrons. The Morgan fingerprint density at radius 1 is 1.21 bits per heavy atom. The summed E-state index contributed by atoms with van der Waals surface area (Å²) < 4.78 is 52.9. The zero-order chi connectivity index (χ0) is 14.0. The second kappa shape index (κ2) is 5.49. The molecule has 1 saturated carbocycles. The molecule has 0 heterocycles. The van der Waals surface area contributed by atoms with Crippen LogP contribution in [0.5, 0.6) is 0 Å². The molecule has 0 saturated heterocycles. The molecule has 1 nitrogen and oxygen atoms in total. The topological polar surface area (TPSA) is 12.0 Å². The molecule has 1 atom stereocenters. The molecular formula is C14H17F4N. The van der Waals surface area contributed by atoms with Crippen LogP contribution in [0.3, 0.4) is 0 Å². The molecule has 106 valence electrons. The van der Waals surface area contributed by atoms with Crippen LogP contribution in [0.25, 0.3) is 0 Å². The maximum Gasteiger partial charge on any atom is 0.248 e. The van der Waals surface area contributed by atoms with E-state index in [0.717, 1.165) is 6.07 Å². The lowest BCUT2D eigenvalue weighted by atomic mass is 9.79. The Morgan fingerprint density at radius 3 is 2.37 bits per heavy atom. The average molecular weight is 275 g/mol. The average Bonchev–Trinajstić information content (AvgIpc) is 2.34. The quantitative estimate of drug-likeness (QED) is 0.821. The number of halogens is 4. The van der Waals surface area contributed by atoms with Gasteiger partial charge in [-0.1, -0.05) is 6.07 Å². The molecule has 1 N–H and O–H groups in total. The van der Waals surface area contributed by atoms with Gasteiger partial charge in [0.25, 0.3) is 0 Å². The third-order valence-electron chi connectivity index (χ3n) is 3.84. The maximum absolute atomic E-state index is 13.8. The summed E-state index contributed by atoms with van der Waals surface area (Å²) in [4.78, 5) is 0. The van der Waals surface area contributed by atoms with Crippen LogP contribution in [0.2, 0.25) is 0 Å². The minimum absolute atomic E-state index is 0.0513. The molecule has 1 aromatic rings. The van der Waals surface area contributed by atoms with Crippen molar-refractivity contribution in [3.05, 3.63) is 35.4 Å². The van der Waals surface area contributed by atoms with Crippen molar-refractivity contribution in [3.8, 4) is 0 Å². The first-order valence-corrected chi connectivity index (χ1v) is 6.43. The van der Waals surface area contributed by atoms with Crippen molar-refractivity contribution < 1.29 is 17.6 Å². The van der Waals surface area contributed by atoms with Crippen molar-refractivity contribution in [2.75, 3.05) is 7.05 Å². The number of hydrogen-bond acceptors (Lipinski definition) is 1. The van der Waals surface area contributed by atoms with E-state index in [-0.39, 0.29) is 24.8 Å². The van der Waals surface area contributed by atoms with E-state index in [0.29, 0.717) is 18.4 Å². The Morgan fingerprint density at radius 2 is 1.84 bits per heavy atom. The number of rotatable bonds is 3. The Labute approximate surface area is 110 Å². The molecule has 1 aliphatic carbocycles. The number of alkyl halides is 2. The van der Waals surface area contributed by atoms with Crippen molar-refractivity contribution in [3.63, 3.8) is 0 Å². The van der Waals surface area contributed by atoms with E-state index >= 15 is 0 Å². The van der Waals surface area contributed by atoms with E-state index in [1.165, 1.54) is 12.1 Å². The van der Waals surface area contributed by atoms with Gasteiger partial charge < -0.3 is 5.32 Å². The maximum atomic E-state index is 13.8. The minimum atomic E-state index is -2.60. The van der Waals surface area contributed by atoms with Crippen LogP contribution in [-0.4, -0.2) is 13.0 Å². The summed E-state index contributed by atoms with van der Waals surface area (Å²) in [6.45, 7) is 0. The lowest BCUT2D eigenvalue weighted by molar-refractivity contribution is -0.0496. The molecule has 19 heavy (non-hydrogen) atoms. The summed E-state index contributed by atoms with van der Waals surface area (Å²) >= 11 is 0. The normalized spacial score (nSPS) is 21.3. The first-order valence-electron chi connectivity index (χ1n) is 6.43. The summed E-state index contributed by atoms with van der Waals surface area (Å²) in [6.07, 6.45) is 0.349. The highest BCUT2D eigenvalue weighted by molar-refractivity contribution is 5.23. The van der Waals surface area contributed by atoms with Gasteiger partial charge >= 0.3 is 0 Å². The second-order valence-corrected chi connectivity index (χ2v) is 5.13. The molecule has 0 amide bonds. The Bertz CT molecular complexity index is 437. The first kappa shape index (κ1) is 14.3. The largest absolute Gasteiger partial charge is 0.313 e. The van der Waals surface area contributed by atoms with Crippen molar-refractivity contribution >= 4 is 0 Å². The highest BCUT2D eigenvalue weighted by Gasteiger charge is 2.38. The number of benzene rings is 1. The summed E-state index contributed by atoms with van der Waals surface area (Å²) in [6, 6.07) is 3.06. The van der Waals surface area contributed by atoms with Gasteiger partial charge in [0.2, 0.25) is 5.92 Å². The van der Waals surface area contributed by atoms with Crippen molar-refractivity contribution in [1.82, 2.24) is 5.32 Å². The molecule has 5 heteroatoms. The lowest BCUT2D eigenvalue weighted by Gasteiger charge is -2.34. The fraction of sp³-hybridized carbons (Fsp3) is 0.571. The van der Waals surface area contributed by atoms with Crippen molar-refractivity contribution in [1.29, 1.82) is 0 Å². The smallest absolute Gasteiger partial charge is 0.248 e. The van der Waals surface area contributed by atoms with Gasteiger partial charge in [0, 0.05) is 30.5 Å². The summed E-state index contributed by atoms with van der Waals surface area (Å²) in [5, 5.41) is 2.97. The van der Waals surface area contributed by atoms with E-state index in [9.17, 15) is 17.6 Å².